The van der Waals surface area contributed by atoms with Crippen molar-refractivity contribution in [3.8, 4) is 11.6 Å². The van der Waals surface area contributed by atoms with Gasteiger partial charge in [-0.25, -0.2) is 0 Å². The summed E-state index contributed by atoms with van der Waals surface area (Å²) in [5, 5.41) is 5.64. The van der Waals surface area contributed by atoms with Crippen molar-refractivity contribution in [2.75, 3.05) is 7.11 Å². The van der Waals surface area contributed by atoms with Crippen LogP contribution in [-0.2, 0) is 10.3 Å². The Balaban J connectivity index is 1.76. The molecule has 0 saturated heterocycles. The third kappa shape index (κ3) is 1.96. The molecule has 22 heavy (non-hydrogen) atoms. The molecule has 0 unspecified atom stereocenters. The fourth-order valence-electron chi connectivity index (χ4n) is 2.91. The molecule has 0 amide bonds. The van der Waals surface area contributed by atoms with Crippen molar-refractivity contribution in [1.29, 1.82) is 0 Å². The summed E-state index contributed by atoms with van der Waals surface area (Å²) in [5.74, 6) is 1.53. The summed E-state index contributed by atoms with van der Waals surface area (Å²) in [6.45, 7) is 1.96. The van der Waals surface area contributed by atoms with Crippen LogP contribution in [-0.4, -0.2) is 17.3 Å². The Kier molecular flexibility index (Phi) is 3.03. The Morgan fingerprint density at radius 2 is 2.09 bits per heavy atom. The first-order valence-electron chi connectivity index (χ1n) is 7.21. The zero-order valence-electron chi connectivity index (χ0n) is 12.4. The van der Waals surface area contributed by atoms with E-state index in [9.17, 15) is 0 Å². The first-order chi connectivity index (χ1) is 10.6. The number of hydrogen-bond acceptors (Lipinski definition) is 5. The fraction of sp³-hybridized carbons (Fsp3) is 0.375. The third-order valence-electron chi connectivity index (χ3n) is 4.35. The maximum absolute atomic E-state index is 6.08. The molecule has 5 nitrogen and oxygen atoms in total. The average Bonchev–Trinajstić information content (AvgIpc) is 3.04. The summed E-state index contributed by atoms with van der Waals surface area (Å²) in [4.78, 5) is 4.46. The number of furan rings is 1. The van der Waals surface area contributed by atoms with Crippen LogP contribution in [0.4, 0.5) is 0 Å². The molecule has 1 saturated carbocycles. The molecule has 1 aromatic carbocycles. The zero-order valence-corrected chi connectivity index (χ0v) is 13.1. The predicted molar refractivity (Wildman–Crippen MR) is 81.8 cm³/mol. The summed E-state index contributed by atoms with van der Waals surface area (Å²) in [5.41, 5.74) is 1.34. The minimum atomic E-state index is -0.420. The van der Waals surface area contributed by atoms with Gasteiger partial charge in [0.2, 0.25) is 5.82 Å². The molecule has 0 spiro atoms. The average molecular weight is 319 g/mol. The fourth-order valence-corrected chi connectivity index (χ4v) is 3.19. The van der Waals surface area contributed by atoms with E-state index in [0.717, 1.165) is 35.8 Å². The minimum Gasteiger partial charge on any atom is -0.452 e. The van der Waals surface area contributed by atoms with E-state index >= 15 is 0 Å². The van der Waals surface area contributed by atoms with Crippen molar-refractivity contribution < 1.29 is 13.7 Å². The number of methoxy groups -OCH3 is 1. The maximum atomic E-state index is 6.08. The SMILES string of the molecule is COC1(c2nc(-c3cc4cc(Cl)cc(C)c4o3)no2)CCC1. The molecule has 3 aromatic rings. The monoisotopic (exact) mass is 318 g/mol. The molecule has 1 fully saturated rings. The van der Waals surface area contributed by atoms with Gasteiger partial charge in [0.1, 0.15) is 11.2 Å². The van der Waals surface area contributed by atoms with Crippen molar-refractivity contribution in [1.82, 2.24) is 10.1 Å². The molecule has 4 rings (SSSR count). The second kappa shape index (κ2) is 4.83. The van der Waals surface area contributed by atoms with Gasteiger partial charge >= 0.3 is 0 Å². The maximum Gasteiger partial charge on any atom is 0.259 e. The van der Waals surface area contributed by atoms with Crippen LogP contribution in [0.5, 0.6) is 0 Å². The van der Waals surface area contributed by atoms with Crippen LogP contribution in [0.1, 0.15) is 30.7 Å². The van der Waals surface area contributed by atoms with Crippen LogP contribution >= 0.6 is 11.6 Å². The summed E-state index contributed by atoms with van der Waals surface area (Å²) in [6, 6.07) is 5.61. The lowest BCUT2D eigenvalue weighted by Gasteiger charge is -2.36. The van der Waals surface area contributed by atoms with Gasteiger partial charge in [0.05, 0.1) is 0 Å². The van der Waals surface area contributed by atoms with Gasteiger partial charge in [-0.1, -0.05) is 16.8 Å². The van der Waals surface area contributed by atoms with E-state index in [0.29, 0.717) is 22.5 Å². The number of aryl methyl sites for hydroxylation is 1. The molecule has 2 heterocycles. The first-order valence-corrected chi connectivity index (χ1v) is 7.58. The lowest BCUT2D eigenvalue weighted by molar-refractivity contribution is -0.0992. The van der Waals surface area contributed by atoms with E-state index in [-0.39, 0.29) is 0 Å². The standard InChI is InChI=1S/C16H15ClN2O3/c1-9-6-11(17)7-10-8-12(21-13(9)10)14-18-15(22-19-14)16(20-2)4-3-5-16/h6-8H,3-5H2,1-2H3. The van der Waals surface area contributed by atoms with E-state index in [1.807, 2.05) is 25.1 Å². The Bertz CT molecular complexity index is 843. The number of halogens is 1. The molecular weight excluding hydrogens is 304 g/mol. The van der Waals surface area contributed by atoms with Gasteiger partial charge in [0.15, 0.2) is 5.76 Å². The van der Waals surface area contributed by atoms with E-state index < -0.39 is 5.60 Å². The number of hydrogen-bond donors (Lipinski definition) is 0. The third-order valence-corrected chi connectivity index (χ3v) is 4.57. The minimum absolute atomic E-state index is 0.420. The van der Waals surface area contributed by atoms with Crippen LogP contribution < -0.4 is 0 Å². The molecule has 1 aliphatic carbocycles. The van der Waals surface area contributed by atoms with Gasteiger partial charge < -0.3 is 13.7 Å². The van der Waals surface area contributed by atoms with Crippen LogP contribution in [0.15, 0.2) is 27.1 Å². The molecule has 1 aliphatic rings. The Morgan fingerprint density at radius 1 is 1.27 bits per heavy atom. The van der Waals surface area contributed by atoms with Gasteiger partial charge in [-0.3, -0.25) is 0 Å². The van der Waals surface area contributed by atoms with E-state index in [2.05, 4.69) is 10.1 Å². The largest absolute Gasteiger partial charge is 0.452 e. The summed E-state index contributed by atoms with van der Waals surface area (Å²) in [7, 11) is 1.68. The van der Waals surface area contributed by atoms with Gasteiger partial charge in [-0.15, -0.1) is 0 Å². The number of rotatable bonds is 3. The van der Waals surface area contributed by atoms with Crippen molar-refractivity contribution in [2.45, 2.75) is 31.8 Å². The number of benzene rings is 1. The molecule has 2 aromatic heterocycles. The van der Waals surface area contributed by atoms with Crippen LogP contribution in [0, 0.1) is 6.92 Å². The molecular formula is C16H15ClN2O3. The summed E-state index contributed by atoms with van der Waals surface area (Å²) in [6.07, 6.45) is 2.91. The first kappa shape index (κ1) is 13.8. The van der Waals surface area contributed by atoms with Crippen molar-refractivity contribution in [2.24, 2.45) is 0 Å². The molecule has 6 heteroatoms. The van der Waals surface area contributed by atoms with Crippen molar-refractivity contribution in [3.63, 3.8) is 0 Å². The van der Waals surface area contributed by atoms with Gasteiger partial charge in [-0.05, 0) is 49.9 Å². The van der Waals surface area contributed by atoms with Crippen molar-refractivity contribution in [3.05, 3.63) is 34.7 Å². The highest BCUT2D eigenvalue weighted by Crippen LogP contribution is 2.44. The second-order valence-corrected chi connectivity index (χ2v) is 6.16. The summed E-state index contributed by atoms with van der Waals surface area (Å²) >= 11 is 6.08. The summed E-state index contributed by atoms with van der Waals surface area (Å²) < 4.78 is 16.8. The molecule has 0 atom stereocenters. The van der Waals surface area contributed by atoms with Crippen LogP contribution in [0.2, 0.25) is 5.02 Å². The highest BCUT2D eigenvalue weighted by molar-refractivity contribution is 6.31. The number of fused-ring (bicyclic) bond motifs is 1. The predicted octanol–water partition coefficient (Wildman–Crippen LogP) is 4.47. The Labute approximate surface area is 132 Å². The quantitative estimate of drug-likeness (QED) is 0.713. The van der Waals surface area contributed by atoms with Crippen LogP contribution in [0.3, 0.4) is 0 Å². The topological polar surface area (TPSA) is 61.3 Å². The smallest absolute Gasteiger partial charge is 0.259 e. The highest BCUT2D eigenvalue weighted by atomic mass is 35.5. The molecule has 0 bridgehead atoms. The lowest BCUT2D eigenvalue weighted by Crippen LogP contribution is -2.36. The van der Waals surface area contributed by atoms with Crippen LogP contribution in [0.25, 0.3) is 22.6 Å². The van der Waals surface area contributed by atoms with E-state index in [4.69, 9.17) is 25.3 Å². The van der Waals surface area contributed by atoms with Crippen molar-refractivity contribution >= 4 is 22.6 Å². The Morgan fingerprint density at radius 3 is 2.77 bits per heavy atom. The normalized spacial score (nSPS) is 16.9. The van der Waals surface area contributed by atoms with E-state index in [1.54, 1.807) is 7.11 Å². The lowest BCUT2D eigenvalue weighted by atomic mass is 9.80. The molecule has 0 aliphatic heterocycles. The number of nitrogens with zero attached hydrogens (tertiary/aromatic N) is 2. The molecule has 114 valence electrons. The Hall–Kier alpha value is -1.85. The zero-order chi connectivity index (χ0) is 15.3. The molecule has 0 radical (unpaired) electrons. The number of aromatic nitrogens is 2. The van der Waals surface area contributed by atoms with Gasteiger partial charge in [0.25, 0.3) is 5.89 Å². The van der Waals surface area contributed by atoms with E-state index in [1.165, 1.54) is 0 Å². The number of ether oxygens (including phenoxy) is 1. The second-order valence-electron chi connectivity index (χ2n) is 5.73. The van der Waals surface area contributed by atoms with Gasteiger partial charge in [0, 0.05) is 17.5 Å². The molecule has 0 N–H and O–H groups in total. The van der Waals surface area contributed by atoms with Gasteiger partial charge in [-0.2, -0.15) is 4.98 Å². The highest BCUT2D eigenvalue weighted by Gasteiger charge is 2.44.